The topological polar surface area (TPSA) is 93.6 Å². The second-order valence-electron chi connectivity index (χ2n) is 6.59. The normalized spacial score (nSPS) is 12.3. The second kappa shape index (κ2) is 7.47. The van der Waals surface area contributed by atoms with E-state index in [1.165, 1.54) is 23.5 Å². The van der Waals surface area contributed by atoms with Gasteiger partial charge in [0, 0.05) is 12.1 Å². The first-order valence-corrected chi connectivity index (χ1v) is 10.2. The molecule has 0 atom stereocenters. The van der Waals surface area contributed by atoms with Crippen LogP contribution in [0.25, 0.3) is 21.6 Å². The molecule has 2 N–H and O–H groups in total. The first-order valence-electron chi connectivity index (χ1n) is 9.00. The van der Waals surface area contributed by atoms with Crippen molar-refractivity contribution in [2.75, 3.05) is 12.1 Å². The van der Waals surface area contributed by atoms with Gasteiger partial charge in [0.15, 0.2) is 17.3 Å². The van der Waals surface area contributed by atoms with E-state index in [2.05, 4.69) is 15.3 Å². The monoisotopic (exact) mass is 439 g/mol. The number of hydrogen-bond acceptors (Lipinski definition) is 7. The number of nitrogens with zero attached hydrogens (tertiary/aromatic N) is 2. The minimum Gasteiger partial charge on any atom is -0.478 e. The Bertz CT molecular complexity index is 1270. The largest absolute Gasteiger partial charge is 0.478 e. The summed E-state index contributed by atoms with van der Waals surface area (Å²) in [5, 5.41) is 13.3. The molecule has 4 aromatic rings. The van der Waals surface area contributed by atoms with E-state index in [4.69, 9.17) is 26.2 Å². The molecule has 0 spiro atoms. The Kier molecular flexibility index (Phi) is 4.65. The molecule has 7 nitrogen and oxygen atoms in total. The van der Waals surface area contributed by atoms with Crippen LogP contribution < -0.4 is 14.8 Å². The Morgan fingerprint density at radius 1 is 1.10 bits per heavy atom. The number of aromatic nitrogens is 2. The lowest BCUT2D eigenvalue weighted by molar-refractivity contribution is 0.0697. The van der Waals surface area contributed by atoms with Gasteiger partial charge in [0.05, 0.1) is 15.3 Å². The van der Waals surface area contributed by atoms with Gasteiger partial charge in [0.25, 0.3) is 0 Å². The molecule has 5 rings (SSSR count). The lowest BCUT2D eigenvalue weighted by atomic mass is 10.1. The van der Waals surface area contributed by atoms with Gasteiger partial charge in [-0.15, -0.1) is 11.3 Å². The van der Waals surface area contributed by atoms with Crippen LogP contribution in [0.3, 0.4) is 0 Å². The van der Waals surface area contributed by atoms with E-state index in [0.29, 0.717) is 22.5 Å². The number of carboxylic acid groups (broad SMARTS) is 1. The number of nitrogens with one attached hydrogen (secondary N) is 1. The van der Waals surface area contributed by atoms with E-state index in [1.807, 2.05) is 24.3 Å². The maximum Gasteiger partial charge on any atom is 0.335 e. The smallest absolute Gasteiger partial charge is 0.335 e. The number of halogens is 1. The van der Waals surface area contributed by atoms with Gasteiger partial charge in [0.2, 0.25) is 6.79 Å². The van der Waals surface area contributed by atoms with Gasteiger partial charge in [-0.1, -0.05) is 29.8 Å². The van der Waals surface area contributed by atoms with Crippen LogP contribution >= 0.6 is 22.9 Å². The molecular weight excluding hydrogens is 426 g/mol. The van der Waals surface area contributed by atoms with Crippen LogP contribution in [-0.2, 0) is 6.54 Å². The molecule has 30 heavy (non-hydrogen) atoms. The van der Waals surface area contributed by atoms with Crippen molar-refractivity contribution in [2.24, 2.45) is 0 Å². The standard InChI is InChI=1S/C21H14ClN3O4S/c22-17-8-14-19(23-9-11-1-6-15-16(7-11)29-10-28-15)24-18(25-20(14)30-17)12-2-4-13(5-3-12)21(26)27/h1-8H,9-10H2,(H,26,27)(H,23,24,25). The summed E-state index contributed by atoms with van der Waals surface area (Å²) in [5.74, 6) is 1.62. The summed E-state index contributed by atoms with van der Waals surface area (Å²) in [6.07, 6.45) is 0. The van der Waals surface area contributed by atoms with Crippen LogP contribution in [0.2, 0.25) is 4.34 Å². The zero-order valence-electron chi connectivity index (χ0n) is 15.4. The van der Waals surface area contributed by atoms with Crippen LogP contribution in [0.5, 0.6) is 11.5 Å². The fourth-order valence-corrected chi connectivity index (χ4v) is 4.24. The quantitative estimate of drug-likeness (QED) is 0.449. The summed E-state index contributed by atoms with van der Waals surface area (Å²) >= 11 is 7.58. The van der Waals surface area contributed by atoms with E-state index in [0.717, 1.165) is 32.8 Å². The highest BCUT2D eigenvalue weighted by Crippen LogP contribution is 2.35. The summed E-state index contributed by atoms with van der Waals surface area (Å²) in [6.45, 7) is 0.754. The highest BCUT2D eigenvalue weighted by Gasteiger charge is 2.15. The van der Waals surface area contributed by atoms with Crippen molar-refractivity contribution in [3.8, 4) is 22.9 Å². The molecule has 0 bridgehead atoms. The lowest BCUT2D eigenvalue weighted by Crippen LogP contribution is -2.04. The molecule has 0 saturated carbocycles. The average Bonchev–Trinajstić information content (AvgIpc) is 3.37. The Labute approximate surface area is 179 Å². The maximum atomic E-state index is 11.1. The van der Waals surface area contributed by atoms with Gasteiger partial charge < -0.3 is 19.9 Å². The number of rotatable bonds is 5. The predicted octanol–water partition coefficient (Wildman–Crippen LogP) is 5.05. The van der Waals surface area contributed by atoms with Gasteiger partial charge in [-0.2, -0.15) is 0 Å². The Hall–Kier alpha value is -3.36. The first kappa shape index (κ1) is 18.7. The van der Waals surface area contributed by atoms with Crippen molar-refractivity contribution in [1.82, 2.24) is 9.97 Å². The third-order valence-electron chi connectivity index (χ3n) is 4.65. The summed E-state index contributed by atoms with van der Waals surface area (Å²) in [4.78, 5) is 21.1. The maximum absolute atomic E-state index is 11.1. The Morgan fingerprint density at radius 2 is 1.90 bits per heavy atom. The highest BCUT2D eigenvalue weighted by atomic mass is 35.5. The molecule has 0 saturated heterocycles. The Balaban J connectivity index is 1.48. The minimum absolute atomic E-state index is 0.208. The molecule has 1 aliphatic rings. The number of thiophene rings is 1. The highest BCUT2D eigenvalue weighted by molar-refractivity contribution is 7.22. The number of carbonyl (C=O) groups is 1. The summed E-state index contributed by atoms with van der Waals surface area (Å²) in [5.41, 5.74) is 1.94. The first-order chi connectivity index (χ1) is 14.6. The predicted molar refractivity (Wildman–Crippen MR) is 115 cm³/mol. The van der Waals surface area contributed by atoms with Crippen molar-refractivity contribution in [3.63, 3.8) is 0 Å². The third kappa shape index (κ3) is 3.51. The summed E-state index contributed by atoms with van der Waals surface area (Å²) in [7, 11) is 0. The van der Waals surface area contributed by atoms with E-state index in [-0.39, 0.29) is 12.4 Å². The molecule has 3 heterocycles. The molecule has 2 aromatic carbocycles. The molecule has 0 fully saturated rings. The molecule has 150 valence electrons. The van der Waals surface area contributed by atoms with E-state index < -0.39 is 5.97 Å². The van der Waals surface area contributed by atoms with Crippen molar-refractivity contribution in [2.45, 2.75) is 6.54 Å². The van der Waals surface area contributed by atoms with Gasteiger partial charge in [-0.25, -0.2) is 14.8 Å². The number of ether oxygens (including phenoxy) is 2. The molecular formula is C21H14ClN3O4S. The van der Waals surface area contributed by atoms with E-state index >= 15 is 0 Å². The van der Waals surface area contributed by atoms with Crippen LogP contribution in [0, 0.1) is 0 Å². The van der Waals surface area contributed by atoms with Gasteiger partial charge in [-0.3, -0.25) is 0 Å². The van der Waals surface area contributed by atoms with Crippen molar-refractivity contribution in [3.05, 3.63) is 64.0 Å². The number of aromatic carboxylic acids is 1. The van der Waals surface area contributed by atoms with Gasteiger partial charge in [0.1, 0.15) is 10.6 Å². The number of fused-ring (bicyclic) bond motifs is 2. The average molecular weight is 440 g/mol. The zero-order chi connectivity index (χ0) is 20.7. The number of anilines is 1. The molecule has 1 aliphatic heterocycles. The lowest BCUT2D eigenvalue weighted by Gasteiger charge is -2.10. The fourth-order valence-electron chi connectivity index (χ4n) is 3.15. The van der Waals surface area contributed by atoms with Crippen molar-refractivity contribution >= 4 is 44.9 Å². The third-order valence-corrected chi connectivity index (χ3v) is 5.81. The van der Waals surface area contributed by atoms with Crippen LogP contribution in [0.4, 0.5) is 5.82 Å². The number of benzene rings is 2. The molecule has 9 heteroatoms. The van der Waals surface area contributed by atoms with Crippen LogP contribution in [0.1, 0.15) is 15.9 Å². The van der Waals surface area contributed by atoms with Gasteiger partial charge in [-0.05, 0) is 35.9 Å². The minimum atomic E-state index is -0.978. The van der Waals surface area contributed by atoms with Crippen LogP contribution in [0.15, 0.2) is 48.5 Å². The number of carboxylic acids is 1. The molecule has 0 radical (unpaired) electrons. The van der Waals surface area contributed by atoms with E-state index in [1.54, 1.807) is 12.1 Å². The molecule has 0 unspecified atom stereocenters. The summed E-state index contributed by atoms with van der Waals surface area (Å²) < 4.78 is 11.4. The Morgan fingerprint density at radius 3 is 2.70 bits per heavy atom. The number of hydrogen-bond donors (Lipinski definition) is 2. The van der Waals surface area contributed by atoms with Crippen molar-refractivity contribution < 1.29 is 19.4 Å². The SMILES string of the molecule is O=C(O)c1ccc(-c2nc(NCc3ccc4c(c3)OCO4)c3cc(Cl)sc3n2)cc1. The van der Waals surface area contributed by atoms with Crippen molar-refractivity contribution in [1.29, 1.82) is 0 Å². The summed E-state index contributed by atoms with van der Waals surface area (Å²) in [6, 6.07) is 14.1. The van der Waals surface area contributed by atoms with Gasteiger partial charge >= 0.3 is 5.97 Å². The zero-order valence-corrected chi connectivity index (χ0v) is 17.0. The fraction of sp³-hybridized carbons (Fsp3) is 0.0952. The second-order valence-corrected chi connectivity index (χ2v) is 8.25. The molecule has 0 amide bonds. The molecule has 2 aromatic heterocycles. The van der Waals surface area contributed by atoms with Crippen LogP contribution in [-0.4, -0.2) is 27.8 Å². The molecule has 0 aliphatic carbocycles. The van der Waals surface area contributed by atoms with E-state index in [9.17, 15) is 4.79 Å².